The maximum Gasteiger partial charge on any atom is 0.220 e. The molecule has 7 heteroatoms. The van der Waals surface area contributed by atoms with Gasteiger partial charge in [-0.1, -0.05) is 12.1 Å². The monoisotopic (exact) mass is 337 g/mol. The van der Waals surface area contributed by atoms with Gasteiger partial charge in [-0.2, -0.15) is 0 Å². The van der Waals surface area contributed by atoms with E-state index in [-0.39, 0.29) is 24.0 Å². The third-order valence-corrected chi connectivity index (χ3v) is 4.52. The summed E-state index contributed by atoms with van der Waals surface area (Å²) in [4.78, 5) is 25.7. The lowest BCUT2D eigenvalue weighted by Gasteiger charge is -2.40. The minimum Gasteiger partial charge on any atom is -0.379 e. The van der Waals surface area contributed by atoms with Gasteiger partial charge < -0.3 is 19.5 Å². The van der Waals surface area contributed by atoms with Crippen molar-refractivity contribution in [3.8, 4) is 0 Å². The van der Waals surface area contributed by atoms with Crippen molar-refractivity contribution < 1.29 is 18.8 Å². The molecule has 1 aliphatic rings. The molecule has 2 rings (SSSR count). The fraction of sp³-hybridized carbons (Fsp3) is 0.706. The van der Waals surface area contributed by atoms with E-state index in [0.717, 1.165) is 31.5 Å². The quantitative estimate of drug-likeness (QED) is 0.818. The van der Waals surface area contributed by atoms with Crippen molar-refractivity contribution >= 4 is 11.8 Å². The second kappa shape index (κ2) is 8.82. The Bertz CT molecular complexity index is 558. The van der Waals surface area contributed by atoms with E-state index in [1.807, 2.05) is 17.9 Å². The van der Waals surface area contributed by atoms with E-state index in [1.54, 1.807) is 14.0 Å². The van der Waals surface area contributed by atoms with Crippen LogP contribution in [-0.2, 0) is 27.3 Å². The molecule has 7 nitrogen and oxygen atoms in total. The van der Waals surface area contributed by atoms with E-state index >= 15 is 0 Å². The Labute approximate surface area is 142 Å². The fourth-order valence-electron chi connectivity index (χ4n) is 3.19. The number of nitrogens with zero attached hydrogens (tertiary/aromatic N) is 2. The van der Waals surface area contributed by atoms with Gasteiger partial charge in [0.25, 0.3) is 0 Å². The van der Waals surface area contributed by atoms with E-state index in [9.17, 15) is 9.59 Å². The SMILES string of the molecule is CCc1cc(CNC(=O)CC[C@H]2[C@@H](OC)CCCN2C(C)=O)on1. The summed E-state index contributed by atoms with van der Waals surface area (Å²) in [5, 5.41) is 6.73. The summed E-state index contributed by atoms with van der Waals surface area (Å²) in [6.45, 7) is 4.64. The number of carbonyl (C=O) groups excluding carboxylic acids is 2. The Morgan fingerprint density at radius 3 is 2.92 bits per heavy atom. The number of amides is 2. The zero-order valence-electron chi connectivity index (χ0n) is 14.7. The predicted octanol–water partition coefficient (Wildman–Crippen LogP) is 1.66. The van der Waals surface area contributed by atoms with Gasteiger partial charge in [0, 0.05) is 33.1 Å². The Balaban J connectivity index is 1.82. The second-order valence-corrected chi connectivity index (χ2v) is 6.15. The Morgan fingerprint density at radius 1 is 1.50 bits per heavy atom. The molecule has 0 unspecified atom stereocenters. The largest absolute Gasteiger partial charge is 0.379 e. The van der Waals surface area contributed by atoms with Crippen LogP contribution in [0.1, 0.15) is 51.0 Å². The molecule has 0 radical (unpaired) electrons. The summed E-state index contributed by atoms with van der Waals surface area (Å²) in [7, 11) is 1.66. The first-order valence-electron chi connectivity index (χ1n) is 8.56. The molecule has 2 heterocycles. The summed E-state index contributed by atoms with van der Waals surface area (Å²) >= 11 is 0. The Hall–Kier alpha value is -1.89. The van der Waals surface area contributed by atoms with Crippen LogP contribution >= 0.6 is 0 Å². The molecule has 134 valence electrons. The zero-order valence-corrected chi connectivity index (χ0v) is 14.7. The number of methoxy groups -OCH3 is 1. The predicted molar refractivity (Wildman–Crippen MR) is 88.2 cm³/mol. The molecule has 1 aromatic rings. The topological polar surface area (TPSA) is 84.7 Å². The molecule has 24 heavy (non-hydrogen) atoms. The van der Waals surface area contributed by atoms with Gasteiger partial charge in [0.1, 0.15) is 0 Å². The minimum absolute atomic E-state index is 0.00293. The first kappa shape index (κ1) is 18.4. The number of likely N-dealkylation sites (tertiary alicyclic amines) is 1. The van der Waals surface area contributed by atoms with Crippen LogP contribution in [0.4, 0.5) is 0 Å². The van der Waals surface area contributed by atoms with Gasteiger partial charge in [0.05, 0.1) is 24.4 Å². The molecule has 0 saturated carbocycles. The van der Waals surface area contributed by atoms with Crippen molar-refractivity contribution in [3.63, 3.8) is 0 Å². The Morgan fingerprint density at radius 2 is 2.29 bits per heavy atom. The van der Waals surface area contributed by atoms with Crippen molar-refractivity contribution in [1.29, 1.82) is 0 Å². The van der Waals surface area contributed by atoms with Gasteiger partial charge in [-0.05, 0) is 25.7 Å². The average molecular weight is 337 g/mol. The molecule has 2 atom stereocenters. The van der Waals surface area contributed by atoms with Crippen LogP contribution in [0, 0.1) is 0 Å². The van der Waals surface area contributed by atoms with Crippen LogP contribution in [-0.4, -0.2) is 47.7 Å². The Kier molecular flexibility index (Phi) is 6.78. The summed E-state index contributed by atoms with van der Waals surface area (Å²) in [5.41, 5.74) is 0.876. The molecular formula is C17H27N3O4. The lowest BCUT2D eigenvalue weighted by Crippen LogP contribution is -2.51. The molecular weight excluding hydrogens is 310 g/mol. The molecule has 1 aromatic heterocycles. The van der Waals surface area contributed by atoms with E-state index < -0.39 is 0 Å². The summed E-state index contributed by atoms with van der Waals surface area (Å²) in [5.74, 6) is 0.627. The maximum absolute atomic E-state index is 12.1. The number of rotatable bonds is 7. The lowest BCUT2D eigenvalue weighted by atomic mass is 9.94. The van der Waals surface area contributed by atoms with Crippen LogP contribution in [0.25, 0.3) is 0 Å². The second-order valence-electron chi connectivity index (χ2n) is 6.15. The summed E-state index contributed by atoms with van der Waals surface area (Å²) in [6, 6.07) is 1.81. The van der Waals surface area contributed by atoms with Crippen molar-refractivity contribution in [3.05, 3.63) is 17.5 Å². The zero-order chi connectivity index (χ0) is 17.5. The normalized spacial score (nSPS) is 20.9. The molecule has 0 aromatic carbocycles. The first-order chi connectivity index (χ1) is 11.5. The average Bonchev–Trinajstić information content (AvgIpc) is 3.05. The third-order valence-electron chi connectivity index (χ3n) is 4.52. The minimum atomic E-state index is -0.0617. The van der Waals surface area contributed by atoms with Crippen molar-refractivity contribution in [1.82, 2.24) is 15.4 Å². The highest BCUT2D eigenvalue weighted by atomic mass is 16.5. The molecule has 1 N–H and O–H groups in total. The lowest BCUT2D eigenvalue weighted by molar-refractivity contribution is -0.138. The molecule has 1 saturated heterocycles. The van der Waals surface area contributed by atoms with Crippen molar-refractivity contribution in [2.75, 3.05) is 13.7 Å². The number of hydrogen-bond acceptors (Lipinski definition) is 5. The van der Waals surface area contributed by atoms with Crippen molar-refractivity contribution in [2.24, 2.45) is 0 Å². The number of ether oxygens (including phenoxy) is 1. The van der Waals surface area contributed by atoms with Crippen LogP contribution in [0.3, 0.4) is 0 Å². The van der Waals surface area contributed by atoms with E-state index in [1.165, 1.54) is 0 Å². The van der Waals surface area contributed by atoms with Crippen LogP contribution < -0.4 is 5.32 Å². The van der Waals surface area contributed by atoms with E-state index in [4.69, 9.17) is 9.26 Å². The highest BCUT2D eigenvalue weighted by Crippen LogP contribution is 2.23. The van der Waals surface area contributed by atoms with Gasteiger partial charge in [-0.15, -0.1) is 0 Å². The van der Waals surface area contributed by atoms with Gasteiger partial charge in [-0.25, -0.2) is 0 Å². The van der Waals surface area contributed by atoms with Crippen LogP contribution in [0.2, 0.25) is 0 Å². The van der Waals surface area contributed by atoms with Crippen LogP contribution in [0.15, 0.2) is 10.6 Å². The standard InChI is InChI=1S/C17H27N3O4/c1-4-13-10-14(24-19-13)11-18-17(22)8-7-15-16(23-3)6-5-9-20(15)12(2)21/h10,15-16H,4-9,11H2,1-3H3,(H,18,22)/t15-,16-/m0/s1. The van der Waals surface area contributed by atoms with E-state index in [0.29, 0.717) is 25.1 Å². The summed E-state index contributed by atoms with van der Waals surface area (Å²) < 4.78 is 10.7. The highest BCUT2D eigenvalue weighted by Gasteiger charge is 2.33. The van der Waals surface area contributed by atoms with Gasteiger partial charge >= 0.3 is 0 Å². The maximum atomic E-state index is 12.1. The molecule has 0 bridgehead atoms. The molecule has 0 aliphatic carbocycles. The third kappa shape index (κ3) is 4.80. The van der Waals surface area contributed by atoms with Gasteiger partial charge in [0.15, 0.2) is 5.76 Å². The number of nitrogens with one attached hydrogen (secondary N) is 1. The number of aryl methyl sites for hydroxylation is 1. The number of piperidine rings is 1. The molecule has 2 amide bonds. The number of carbonyl (C=O) groups is 2. The molecule has 1 fully saturated rings. The summed E-state index contributed by atoms with van der Waals surface area (Å²) in [6.07, 6.45) is 3.61. The molecule has 1 aliphatic heterocycles. The highest BCUT2D eigenvalue weighted by molar-refractivity contribution is 5.76. The smallest absolute Gasteiger partial charge is 0.220 e. The van der Waals surface area contributed by atoms with E-state index in [2.05, 4.69) is 10.5 Å². The number of aromatic nitrogens is 1. The van der Waals surface area contributed by atoms with Gasteiger partial charge in [0.2, 0.25) is 11.8 Å². The fourth-order valence-corrected chi connectivity index (χ4v) is 3.19. The van der Waals surface area contributed by atoms with Crippen LogP contribution in [0.5, 0.6) is 0 Å². The molecule has 0 spiro atoms. The first-order valence-corrected chi connectivity index (χ1v) is 8.56. The van der Waals surface area contributed by atoms with Gasteiger partial charge in [-0.3, -0.25) is 9.59 Å². The van der Waals surface area contributed by atoms with Crippen molar-refractivity contribution in [2.45, 2.75) is 64.6 Å². The number of hydrogen-bond donors (Lipinski definition) is 1.